The monoisotopic (exact) mass is 321 g/mol. The van der Waals surface area contributed by atoms with Crippen molar-refractivity contribution in [2.75, 3.05) is 5.32 Å². The van der Waals surface area contributed by atoms with Gasteiger partial charge in [0.2, 0.25) is 0 Å². The van der Waals surface area contributed by atoms with E-state index in [1.807, 2.05) is 42.7 Å². The number of fused-ring (bicyclic) bond motifs is 4. The summed E-state index contributed by atoms with van der Waals surface area (Å²) in [5.74, 6) is 0. The van der Waals surface area contributed by atoms with Gasteiger partial charge in [-0.05, 0) is 30.3 Å². The molecule has 5 rings (SSSR count). The van der Waals surface area contributed by atoms with E-state index in [2.05, 4.69) is 52.8 Å². The summed E-state index contributed by atoms with van der Waals surface area (Å²) in [6, 6.07) is 24.8. The highest BCUT2D eigenvalue weighted by Crippen LogP contribution is 2.35. The van der Waals surface area contributed by atoms with Crippen LogP contribution in [-0.2, 0) is 0 Å². The van der Waals surface area contributed by atoms with E-state index in [1.54, 1.807) is 0 Å². The maximum Gasteiger partial charge on any atom is 0.0810 e. The van der Waals surface area contributed by atoms with Crippen molar-refractivity contribution in [3.8, 4) is 0 Å². The van der Waals surface area contributed by atoms with Crippen molar-refractivity contribution < 1.29 is 0 Å². The Kier molecular flexibility index (Phi) is 3.10. The van der Waals surface area contributed by atoms with Gasteiger partial charge in [-0.1, -0.05) is 42.5 Å². The summed E-state index contributed by atoms with van der Waals surface area (Å²) in [6.07, 6.45) is 3.71. The molecule has 3 heteroatoms. The first-order chi connectivity index (χ1) is 12.4. The molecule has 3 nitrogen and oxygen atoms in total. The molecule has 0 saturated heterocycles. The average molecular weight is 321 g/mol. The Hall–Kier alpha value is -3.46. The number of hydrogen-bond acceptors (Lipinski definition) is 3. The molecule has 0 spiro atoms. The van der Waals surface area contributed by atoms with Crippen LogP contribution in [0.4, 0.5) is 11.4 Å². The van der Waals surface area contributed by atoms with Crippen molar-refractivity contribution in [2.45, 2.75) is 0 Å². The minimum Gasteiger partial charge on any atom is -0.354 e. The summed E-state index contributed by atoms with van der Waals surface area (Å²) in [5, 5.41) is 8.05. The van der Waals surface area contributed by atoms with Crippen LogP contribution in [0.25, 0.3) is 32.6 Å². The van der Waals surface area contributed by atoms with Crippen LogP contribution >= 0.6 is 0 Å². The van der Waals surface area contributed by atoms with Crippen molar-refractivity contribution >= 4 is 44.0 Å². The predicted molar refractivity (Wildman–Crippen MR) is 104 cm³/mol. The van der Waals surface area contributed by atoms with Crippen LogP contribution in [-0.4, -0.2) is 9.97 Å². The maximum absolute atomic E-state index is 4.94. The summed E-state index contributed by atoms with van der Waals surface area (Å²) in [7, 11) is 0. The van der Waals surface area contributed by atoms with Gasteiger partial charge in [-0.25, -0.2) is 4.98 Å². The SMILES string of the molecule is c1ccc(Nc2c3ccccc3nc3c2ccc2cnccc23)cc1. The van der Waals surface area contributed by atoms with Crippen LogP contribution in [0.5, 0.6) is 0 Å². The van der Waals surface area contributed by atoms with Crippen LogP contribution in [0, 0.1) is 0 Å². The first-order valence-electron chi connectivity index (χ1n) is 8.27. The number of hydrogen-bond donors (Lipinski definition) is 1. The van der Waals surface area contributed by atoms with E-state index in [-0.39, 0.29) is 0 Å². The van der Waals surface area contributed by atoms with Crippen LogP contribution in [0.1, 0.15) is 0 Å². The Bertz CT molecular complexity index is 1210. The van der Waals surface area contributed by atoms with Crippen LogP contribution in [0.15, 0.2) is 85.2 Å². The number of rotatable bonds is 2. The Labute approximate surface area is 145 Å². The van der Waals surface area contributed by atoms with Gasteiger partial charge in [-0.15, -0.1) is 0 Å². The molecule has 5 aromatic rings. The molecule has 0 aliphatic rings. The third-order valence-corrected chi connectivity index (χ3v) is 4.51. The highest BCUT2D eigenvalue weighted by molar-refractivity contribution is 6.16. The van der Waals surface area contributed by atoms with E-state index >= 15 is 0 Å². The molecule has 3 aromatic carbocycles. The lowest BCUT2D eigenvalue weighted by Crippen LogP contribution is -1.95. The molecule has 2 aromatic heterocycles. The number of aromatic nitrogens is 2. The second-order valence-corrected chi connectivity index (χ2v) is 6.05. The van der Waals surface area contributed by atoms with Gasteiger partial charge in [0.15, 0.2) is 0 Å². The van der Waals surface area contributed by atoms with Crippen molar-refractivity contribution in [3.05, 3.63) is 85.2 Å². The van der Waals surface area contributed by atoms with E-state index in [1.165, 1.54) is 0 Å². The molecule has 0 radical (unpaired) electrons. The van der Waals surface area contributed by atoms with Gasteiger partial charge in [0, 0.05) is 39.6 Å². The Morgan fingerprint density at radius 2 is 1.52 bits per heavy atom. The number of benzene rings is 3. The molecular formula is C22H15N3. The molecule has 118 valence electrons. The molecule has 0 bridgehead atoms. The topological polar surface area (TPSA) is 37.8 Å². The van der Waals surface area contributed by atoms with Crippen molar-refractivity contribution in [1.82, 2.24) is 9.97 Å². The Morgan fingerprint density at radius 3 is 2.44 bits per heavy atom. The van der Waals surface area contributed by atoms with Gasteiger partial charge in [-0.2, -0.15) is 0 Å². The van der Waals surface area contributed by atoms with Gasteiger partial charge in [0.1, 0.15) is 0 Å². The minimum atomic E-state index is 0.984. The lowest BCUT2D eigenvalue weighted by Gasteiger charge is -2.14. The summed E-state index contributed by atoms with van der Waals surface area (Å²) < 4.78 is 0. The van der Waals surface area contributed by atoms with Crippen LogP contribution < -0.4 is 5.32 Å². The maximum atomic E-state index is 4.94. The summed E-state index contributed by atoms with van der Waals surface area (Å²) in [6.45, 7) is 0. The van der Waals surface area contributed by atoms with Crippen molar-refractivity contribution in [1.29, 1.82) is 0 Å². The molecule has 0 aliphatic carbocycles. The molecule has 0 amide bonds. The molecule has 0 atom stereocenters. The van der Waals surface area contributed by atoms with Gasteiger partial charge >= 0.3 is 0 Å². The standard InChI is InChI=1S/C22H15N3/c1-2-6-16(7-3-1)24-22-18-8-4-5-9-20(18)25-21-17-12-13-23-14-15(17)10-11-19(21)22/h1-14H,(H,24,25). The number of anilines is 2. The van der Waals surface area contributed by atoms with Gasteiger partial charge in [0.05, 0.1) is 16.7 Å². The minimum absolute atomic E-state index is 0.984. The normalized spacial score (nSPS) is 11.2. The smallest absolute Gasteiger partial charge is 0.0810 e. The van der Waals surface area contributed by atoms with Gasteiger partial charge in [-0.3, -0.25) is 4.98 Å². The Balaban J connectivity index is 1.90. The predicted octanol–water partition coefficient (Wildman–Crippen LogP) is 5.68. The fraction of sp³-hybridized carbons (Fsp3) is 0. The van der Waals surface area contributed by atoms with Crippen LogP contribution in [0.2, 0.25) is 0 Å². The number of nitrogens with one attached hydrogen (secondary N) is 1. The zero-order valence-electron chi connectivity index (χ0n) is 13.5. The fourth-order valence-corrected chi connectivity index (χ4v) is 3.32. The first kappa shape index (κ1) is 13.9. The average Bonchev–Trinajstić information content (AvgIpc) is 2.68. The lowest BCUT2D eigenvalue weighted by molar-refractivity contribution is 1.36. The zero-order valence-corrected chi connectivity index (χ0v) is 13.5. The molecule has 0 unspecified atom stereocenters. The molecule has 0 fully saturated rings. The van der Waals surface area contributed by atoms with E-state index < -0.39 is 0 Å². The third-order valence-electron chi connectivity index (χ3n) is 4.51. The van der Waals surface area contributed by atoms with Crippen molar-refractivity contribution in [2.24, 2.45) is 0 Å². The zero-order chi connectivity index (χ0) is 16.6. The molecule has 25 heavy (non-hydrogen) atoms. The molecule has 0 saturated carbocycles. The Morgan fingerprint density at radius 1 is 0.680 bits per heavy atom. The molecule has 1 N–H and O–H groups in total. The quantitative estimate of drug-likeness (QED) is 0.336. The summed E-state index contributed by atoms with van der Waals surface area (Å²) >= 11 is 0. The largest absolute Gasteiger partial charge is 0.354 e. The summed E-state index contributed by atoms with van der Waals surface area (Å²) in [5.41, 5.74) is 4.13. The van der Waals surface area contributed by atoms with Gasteiger partial charge < -0.3 is 5.32 Å². The van der Waals surface area contributed by atoms with E-state index in [0.29, 0.717) is 0 Å². The second-order valence-electron chi connectivity index (χ2n) is 6.05. The fourth-order valence-electron chi connectivity index (χ4n) is 3.32. The highest BCUT2D eigenvalue weighted by atomic mass is 14.9. The lowest BCUT2D eigenvalue weighted by atomic mass is 10.0. The number of pyridine rings is 2. The third kappa shape index (κ3) is 2.29. The number of nitrogens with zero attached hydrogens (tertiary/aromatic N) is 2. The van der Waals surface area contributed by atoms with Crippen LogP contribution in [0.3, 0.4) is 0 Å². The molecular weight excluding hydrogens is 306 g/mol. The first-order valence-corrected chi connectivity index (χ1v) is 8.27. The van der Waals surface area contributed by atoms with Gasteiger partial charge in [0.25, 0.3) is 0 Å². The van der Waals surface area contributed by atoms with Crippen molar-refractivity contribution in [3.63, 3.8) is 0 Å². The second kappa shape index (κ2) is 5.56. The van der Waals surface area contributed by atoms with E-state index in [9.17, 15) is 0 Å². The highest BCUT2D eigenvalue weighted by Gasteiger charge is 2.11. The molecule has 2 heterocycles. The molecule has 0 aliphatic heterocycles. The van der Waals surface area contributed by atoms with E-state index in [4.69, 9.17) is 4.98 Å². The summed E-state index contributed by atoms with van der Waals surface area (Å²) in [4.78, 5) is 9.17. The van der Waals surface area contributed by atoms with E-state index in [0.717, 1.165) is 44.0 Å². The number of para-hydroxylation sites is 2.